The Hall–Kier alpha value is -1.81. The number of fused-ring (bicyclic) bond motifs is 3. The summed E-state index contributed by atoms with van der Waals surface area (Å²) in [5.74, 6) is 1.54. The Bertz CT molecular complexity index is 676. The van der Waals surface area contributed by atoms with E-state index >= 15 is 0 Å². The maximum atomic E-state index is 12.4. The van der Waals surface area contributed by atoms with E-state index in [1.807, 2.05) is 31.2 Å². The van der Waals surface area contributed by atoms with Crippen LogP contribution in [0, 0.1) is 12.8 Å². The van der Waals surface area contributed by atoms with E-state index in [1.165, 1.54) is 13.0 Å². The first-order valence-electron chi connectivity index (χ1n) is 7.22. The van der Waals surface area contributed by atoms with Crippen LogP contribution < -0.4 is 5.32 Å². The van der Waals surface area contributed by atoms with Crippen molar-refractivity contribution in [3.05, 3.63) is 35.6 Å². The number of furan rings is 1. The van der Waals surface area contributed by atoms with Gasteiger partial charge in [-0.2, -0.15) is 0 Å². The summed E-state index contributed by atoms with van der Waals surface area (Å²) in [5.41, 5.74) is 1.56. The normalized spacial score (nSPS) is 28.1. The number of benzene rings is 1. The summed E-state index contributed by atoms with van der Waals surface area (Å²) in [6.45, 7) is 5.26. The third-order valence-electron chi connectivity index (χ3n) is 4.55. The second-order valence-corrected chi connectivity index (χ2v) is 6.00. The van der Waals surface area contributed by atoms with Crippen molar-refractivity contribution in [2.24, 2.45) is 5.92 Å². The van der Waals surface area contributed by atoms with Crippen molar-refractivity contribution in [2.45, 2.75) is 19.4 Å². The molecule has 2 saturated heterocycles. The molecule has 3 unspecified atom stereocenters. The Kier molecular flexibility index (Phi) is 2.60. The fourth-order valence-corrected chi connectivity index (χ4v) is 3.52. The van der Waals surface area contributed by atoms with E-state index < -0.39 is 0 Å². The molecule has 3 heterocycles. The summed E-state index contributed by atoms with van der Waals surface area (Å²) in [6, 6.07) is 7.91. The maximum absolute atomic E-state index is 12.4. The predicted molar refractivity (Wildman–Crippen MR) is 76.8 cm³/mol. The Morgan fingerprint density at radius 2 is 2.25 bits per heavy atom. The molecule has 2 bridgehead atoms. The van der Waals surface area contributed by atoms with Gasteiger partial charge in [0.05, 0.1) is 0 Å². The van der Waals surface area contributed by atoms with Crippen molar-refractivity contribution in [1.29, 1.82) is 0 Å². The molecule has 1 N–H and O–H groups in total. The Morgan fingerprint density at radius 1 is 1.35 bits per heavy atom. The first-order chi connectivity index (χ1) is 9.69. The van der Waals surface area contributed by atoms with Crippen LogP contribution in [0.15, 0.2) is 28.7 Å². The molecule has 4 nitrogen and oxygen atoms in total. The van der Waals surface area contributed by atoms with Crippen molar-refractivity contribution >= 4 is 16.9 Å². The summed E-state index contributed by atoms with van der Waals surface area (Å²) in [6.07, 6.45) is 1.21. The highest BCUT2D eigenvalue weighted by Gasteiger charge is 2.38. The Balaban J connectivity index is 1.54. The molecule has 2 fully saturated rings. The Labute approximate surface area is 117 Å². The molecule has 0 saturated carbocycles. The minimum Gasteiger partial charge on any atom is -0.461 e. The van der Waals surface area contributed by atoms with Gasteiger partial charge in [0.1, 0.15) is 11.3 Å². The smallest absolute Gasteiger partial charge is 0.251 e. The van der Waals surface area contributed by atoms with E-state index in [0.29, 0.717) is 12.0 Å². The molecule has 4 rings (SSSR count). The number of aryl methyl sites for hydroxylation is 1. The van der Waals surface area contributed by atoms with Crippen LogP contribution in [0.3, 0.4) is 0 Å². The number of hydrogen-bond donors (Lipinski definition) is 1. The average Bonchev–Trinajstić information content (AvgIpc) is 3.10. The zero-order valence-corrected chi connectivity index (χ0v) is 11.6. The van der Waals surface area contributed by atoms with Gasteiger partial charge >= 0.3 is 0 Å². The van der Waals surface area contributed by atoms with Gasteiger partial charge in [0.25, 0.3) is 5.91 Å². The lowest BCUT2D eigenvalue weighted by molar-refractivity contribution is 0.0924. The van der Waals surface area contributed by atoms with E-state index in [9.17, 15) is 4.79 Å². The second kappa shape index (κ2) is 4.35. The third-order valence-corrected chi connectivity index (χ3v) is 4.55. The van der Waals surface area contributed by atoms with E-state index in [2.05, 4.69) is 10.2 Å². The standard InChI is InChI=1S/C16H18N2O2/c1-10-6-13-7-11(2-3-15(13)20-10)16(19)17-14-9-18-5-4-12(14)8-18/h2-3,6-7,12,14H,4-5,8-9H2,1H3,(H,17,19). The number of carbonyl (C=O) groups is 1. The van der Waals surface area contributed by atoms with Gasteiger partial charge in [-0.15, -0.1) is 0 Å². The largest absolute Gasteiger partial charge is 0.461 e. The minimum atomic E-state index is 0.0319. The van der Waals surface area contributed by atoms with Crippen LogP contribution in [0.4, 0.5) is 0 Å². The first-order valence-corrected chi connectivity index (χ1v) is 7.22. The number of piperidine rings is 1. The van der Waals surface area contributed by atoms with Gasteiger partial charge in [0.15, 0.2) is 0 Å². The molecule has 4 heteroatoms. The van der Waals surface area contributed by atoms with Gasteiger partial charge in [-0.25, -0.2) is 0 Å². The highest BCUT2D eigenvalue weighted by atomic mass is 16.3. The number of nitrogens with one attached hydrogen (secondary N) is 1. The number of nitrogens with zero attached hydrogens (tertiary/aromatic N) is 1. The molecule has 20 heavy (non-hydrogen) atoms. The van der Waals surface area contributed by atoms with E-state index in [0.717, 1.165) is 35.4 Å². The molecule has 1 amide bonds. The van der Waals surface area contributed by atoms with Gasteiger partial charge < -0.3 is 14.6 Å². The number of carbonyl (C=O) groups excluding carboxylic acids is 1. The Morgan fingerprint density at radius 3 is 3.00 bits per heavy atom. The number of hydrogen-bond acceptors (Lipinski definition) is 3. The van der Waals surface area contributed by atoms with Crippen LogP contribution in [-0.4, -0.2) is 36.5 Å². The summed E-state index contributed by atoms with van der Waals surface area (Å²) < 4.78 is 5.54. The van der Waals surface area contributed by atoms with Crippen LogP contribution in [0.25, 0.3) is 11.0 Å². The lowest BCUT2D eigenvalue weighted by atomic mass is 9.99. The van der Waals surface area contributed by atoms with Crippen LogP contribution >= 0.6 is 0 Å². The fourth-order valence-electron chi connectivity index (χ4n) is 3.52. The summed E-state index contributed by atoms with van der Waals surface area (Å²) in [4.78, 5) is 14.8. The zero-order valence-electron chi connectivity index (χ0n) is 11.6. The first kappa shape index (κ1) is 12.0. The van der Waals surface area contributed by atoms with Crippen LogP contribution in [0.1, 0.15) is 22.5 Å². The average molecular weight is 270 g/mol. The SMILES string of the molecule is Cc1cc2cc(C(=O)NC3CN4CCC3C4)ccc2o1. The summed E-state index contributed by atoms with van der Waals surface area (Å²) >= 11 is 0. The summed E-state index contributed by atoms with van der Waals surface area (Å²) in [5, 5.41) is 4.18. The zero-order chi connectivity index (χ0) is 13.7. The van der Waals surface area contributed by atoms with Gasteiger partial charge in [0.2, 0.25) is 0 Å². The minimum absolute atomic E-state index is 0.0319. The van der Waals surface area contributed by atoms with Gasteiger partial charge in [-0.3, -0.25) is 4.79 Å². The lowest BCUT2D eigenvalue weighted by Crippen LogP contribution is -2.43. The molecular weight excluding hydrogens is 252 g/mol. The number of amides is 1. The molecule has 0 radical (unpaired) electrons. The van der Waals surface area contributed by atoms with Crippen LogP contribution in [0.2, 0.25) is 0 Å². The molecule has 1 aromatic carbocycles. The van der Waals surface area contributed by atoms with Crippen molar-refractivity contribution in [3.8, 4) is 0 Å². The lowest BCUT2D eigenvalue weighted by Gasteiger charge is -2.23. The molecule has 0 aliphatic carbocycles. The predicted octanol–water partition coefficient (Wildman–Crippen LogP) is 2.18. The monoisotopic (exact) mass is 270 g/mol. The van der Waals surface area contributed by atoms with Gasteiger partial charge in [-0.05, 0) is 50.1 Å². The second-order valence-electron chi connectivity index (χ2n) is 6.00. The quantitative estimate of drug-likeness (QED) is 0.909. The molecule has 2 aromatic rings. The topological polar surface area (TPSA) is 45.5 Å². The maximum Gasteiger partial charge on any atom is 0.251 e. The number of rotatable bonds is 2. The van der Waals surface area contributed by atoms with E-state index in [-0.39, 0.29) is 5.91 Å². The van der Waals surface area contributed by atoms with Gasteiger partial charge in [0, 0.05) is 30.1 Å². The van der Waals surface area contributed by atoms with Crippen molar-refractivity contribution in [2.75, 3.05) is 19.6 Å². The summed E-state index contributed by atoms with van der Waals surface area (Å²) in [7, 11) is 0. The molecule has 1 aromatic heterocycles. The molecular formula is C16H18N2O2. The van der Waals surface area contributed by atoms with E-state index in [1.54, 1.807) is 0 Å². The molecule has 2 aliphatic rings. The molecule has 3 atom stereocenters. The molecule has 2 aliphatic heterocycles. The highest BCUT2D eigenvalue weighted by molar-refractivity contribution is 5.98. The highest BCUT2D eigenvalue weighted by Crippen LogP contribution is 2.28. The van der Waals surface area contributed by atoms with Crippen LogP contribution in [-0.2, 0) is 0 Å². The fraction of sp³-hybridized carbons (Fsp3) is 0.438. The van der Waals surface area contributed by atoms with Crippen molar-refractivity contribution in [3.63, 3.8) is 0 Å². The van der Waals surface area contributed by atoms with Gasteiger partial charge in [-0.1, -0.05) is 0 Å². The third kappa shape index (κ3) is 1.91. The van der Waals surface area contributed by atoms with Crippen molar-refractivity contribution < 1.29 is 9.21 Å². The van der Waals surface area contributed by atoms with Crippen LogP contribution in [0.5, 0.6) is 0 Å². The van der Waals surface area contributed by atoms with Crippen molar-refractivity contribution in [1.82, 2.24) is 10.2 Å². The molecule has 104 valence electrons. The van der Waals surface area contributed by atoms with E-state index in [4.69, 9.17) is 4.42 Å². The molecule has 0 spiro atoms.